The number of hydrogen-bond acceptors (Lipinski definition) is 5. The Morgan fingerprint density at radius 2 is 2.00 bits per heavy atom. The van der Waals surface area contributed by atoms with Crippen molar-refractivity contribution in [3.05, 3.63) is 98.8 Å². The lowest BCUT2D eigenvalue weighted by atomic mass is 10.1. The lowest BCUT2D eigenvalue weighted by molar-refractivity contribution is -0.122. The van der Waals surface area contributed by atoms with E-state index in [1.54, 1.807) is 17.3 Å². The zero-order valence-corrected chi connectivity index (χ0v) is 23.1. The first-order chi connectivity index (χ1) is 17.4. The van der Waals surface area contributed by atoms with Crippen molar-refractivity contribution in [2.75, 3.05) is 6.61 Å². The Kier molecular flexibility index (Phi) is 7.27. The molecule has 1 aliphatic heterocycles. The zero-order valence-electron chi connectivity index (χ0n) is 19.9. The van der Waals surface area contributed by atoms with E-state index in [1.807, 2.05) is 30.3 Å². The summed E-state index contributed by atoms with van der Waals surface area (Å²) in [5.74, 6) is 0.789. The Morgan fingerprint density at radius 3 is 2.78 bits per heavy atom. The predicted octanol–water partition coefficient (Wildman–Crippen LogP) is 6.90. The van der Waals surface area contributed by atoms with Crippen LogP contribution in [0, 0.1) is 13.8 Å². The van der Waals surface area contributed by atoms with Gasteiger partial charge in [-0.1, -0.05) is 52.0 Å². The number of carbonyl (C=O) groups excluding carboxylic acids is 1. The third-order valence-electron chi connectivity index (χ3n) is 6.18. The van der Waals surface area contributed by atoms with Crippen LogP contribution in [0.3, 0.4) is 0 Å². The van der Waals surface area contributed by atoms with Gasteiger partial charge in [0.2, 0.25) is 0 Å². The van der Waals surface area contributed by atoms with Crippen molar-refractivity contribution in [3.8, 4) is 5.75 Å². The predicted molar refractivity (Wildman–Crippen MR) is 154 cm³/mol. The fourth-order valence-electron chi connectivity index (χ4n) is 4.11. The topological polar surface area (TPSA) is 47.4 Å². The van der Waals surface area contributed by atoms with E-state index < -0.39 is 0 Å². The molecule has 2 aromatic heterocycles. The standard InChI is InChI=1S/C28H24BrN3O2S2/c1-18-5-7-23(12-19(18)2)34-11-10-31-17-21(24-14-22(29)6-8-25(24)31)13-26-27(33)32(28(35)36-26)16-20-4-3-9-30-15-20/h3-9,12-15,17H,10-11,16H2,1-2H3/b26-13-. The summed E-state index contributed by atoms with van der Waals surface area (Å²) in [7, 11) is 0. The Balaban J connectivity index is 1.38. The van der Waals surface area contributed by atoms with Crippen molar-refractivity contribution in [3.63, 3.8) is 0 Å². The smallest absolute Gasteiger partial charge is 0.266 e. The summed E-state index contributed by atoms with van der Waals surface area (Å²) in [4.78, 5) is 19.6. The van der Waals surface area contributed by atoms with Gasteiger partial charge in [-0.2, -0.15) is 0 Å². The van der Waals surface area contributed by atoms with E-state index in [0.717, 1.165) is 32.3 Å². The highest BCUT2D eigenvalue weighted by Gasteiger charge is 2.32. The quantitative estimate of drug-likeness (QED) is 0.177. The van der Waals surface area contributed by atoms with Crippen molar-refractivity contribution in [2.24, 2.45) is 0 Å². The van der Waals surface area contributed by atoms with E-state index in [-0.39, 0.29) is 5.91 Å². The zero-order chi connectivity index (χ0) is 25.2. The number of fused-ring (bicyclic) bond motifs is 1. The van der Waals surface area contributed by atoms with Crippen molar-refractivity contribution >= 4 is 67.1 Å². The highest BCUT2D eigenvalue weighted by molar-refractivity contribution is 9.10. The van der Waals surface area contributed by atoms with Crippen LogP contribution in [-0.2, 0) is 17.9 Å². The van der Waals surface area contributed by atoms with E-state index in [1.165, 1.54) is 22.9 Å². The molecule has 2 aromatic carbocycles. The van der Waals surface area contributed by atoms with Crippen molar-refractivity contribution in [2.45, 2.75) is 26.9 Å². The van der Waals surface area contributed by atoms with E-state index >= 15 is 0 Å². The molecule has 1 amide bonds. The molecule has 4 aromatic rings. The number of aryl methyl sites for hydroxylation is 2. The molecule has 182 valence electrons. The molecule has 8 heteroatoms. The van der Waals surface area contributed by atoms with Gasteiger partial charge in [-0.05, 0) is 73.0 Å². The van der Waals surface area contributed by atoms with Gasteiger partial charge in [0, 0.05) is 39.5 Å². The first-order valence-electron chi connectivity index (χ1n) is 11.5. The second-order valence-corrected chi connectivity index (χ2v) is 11.3. The highest BCUT2D eigenvalue weighted by atomic mass is 79.9. The Bertz CT molecular complexity index is 1500. The van der Waals surface area contributed by atoms with E-state index in [9.17, 15) is 4.79 Å². The summed E-state index contributed by atoms with van der Waals surface area (Å²) >= 11 is 10.5. The molecule has 0 saturated carbocycles. The van der Waals surface area contributed by atoms with Crippen LogP contribution in [0.1, 0.15) is 22.3 Å². The van der Waals surface area contributed by atoms with Crippen LogP contribution in [-0.4, -0.2) is 31.3 Å². The van der Waals surface area contributed by atoms with Crippen molar-refractivity contribution in [1.82, 2.24) is 14.5 Å². The maximum absolute atomic E-state index is 13.2. The maximum atomic E-state index is 13.2. The van der Waals surface area contributed by atoms with Crippen LogP contribution < -0.4 is 4.74 Å². The number of carbonyl (C=O) groups is 1. The average molecular weight is 579 g/mol. The Labute approximate surface area is 228 Å². The van der Waals surface area contributed by atoms with Gasteiger partial charge in [0.15, 0.2) is 0 Å². The van der Waals surface area contributed by atoms with Gasteiger partial charge in [-0.3, -0.25) is 14.7 Å². The van der Waals surface area contributed by atoms with Crippen LogP contribution in [0.2, 0.25) is 0 Å². The van der Waals surface area contributed by atoms with E-state index in [2.05, 4.69) is 69.8 Å². The monoisotopic (exact) mass is 577 g/mol. The SMILES string of the molecule is Cc1ccc(OCCn2cc(/C=C3\SC(=S)N(Cc4cccnc4)C3=O)c3cc(Br)ccc32)cc1C. The lowest BCUT2D eigenvalue weighted by Crippen LogP contribution is -2.27. The molecule has 0 spiro atoms. The number of ether oxygens (including phenoxy) is 1. The third-order valence-corrected chi connectivity index (χ3v) is 8.05. The number of thioether (sulfide) groups is 1. The van der Waals surface area contributed by atoms with Gasteiger partial charge >= 0.3 is 0 Å². The number of rotatable bonds is 7. The van der Waals surface area contributed by atoms with Crippen LogP contribution >= 0.6 is 39.9 Å². The Hall–Kier alpha value is -2.94. The number of halogens is 1. The molecule has 0 radical (unpaired) electrons. The molecule has 36 heavy (non-hydrogen) atoms. The first-order valence-corrected chi connectivity index (χ1v) is 13.5. The molecule has 5 nitrogen and oxygen atoms in total. The molecule has 1 saturated heterocycles. The molecular weight excluding hydrogens is 554 g/mol. The molecule has 0 bridgehead atoms. The number of nitrogens with zero attached hydrogens (tertiary/aromatic N) is 3. The van der Waals surface area contributed by atoms with Crippen LogP contribution in [0.25, 0.3) is 17.0 Å². The molecule has 0 unspecified atom stereocenters. The molecular formula is C28H24BrN3O2S2. The summed E-state index contributed by atoms with van der Waals surface area (Å²) in [5.41, 5.74) is 5.46. The minimum absolute atomic E-state index is 0.0807. The summed E-state index contributed by atoms with van der Waals surface area (Å²) in [6, 6.07) is 16.2. The number of amides is 1. The maximum Gasteiger partial charge on any atom is 0.266 e. The summed E-state index contributed by atoms with van der Waals surface area (Å²) in [6.45, 7) is 5.82. The summed E-state index contributed by atoms with van der Waals surface area (Å²) in [6.07, 6.45) is 7.49. The van der Waals surface area contributed by atoms with Gasteiger partial charge in [-0.25, -0.2) is 0 Å². The largest absolute Gasteiger partial charge is 0.492 e. The number of aromatic nitrogens is 2. The Morgan fingerprint density at radius 1 is 1.14 bits per heavy atom. The lowest BCUT2D eigenvalue weighted by Gasteiger charge is -2.13. The minimum atomic E-state index is -0.0807. The van der Waals surface area contributed by atoms with E-state index in [4.69, 9.17) is 17.0 Å². The minimum Gasteiger partial charge on any atom is -0.492 e. The second-order valence-electron chi connectivity index (χ2n) is 8.66. The summed E-state index contributed by atoms with van der Waals surface area (Å²) in [5, 5.41) is 1.06. The fourth-order valence-corrected chi connectivity index (χ4v) is 5.72. The fraction of sp³-hybridized carbons (Fsp3) is 0.179. The van der Waals surface area contributed by atoms with Crippen molar-refractivity contribution in [1.29, 1.82) is 0 Å². The van der Waals surface area contributed by atoms with Gasteiger partial charge in [0.1, 0.15) is 16.7 Å². The van der Waals surface area contributed by atoms with E-state index in [0.29, 0.717) is 28.9 Å². The molecule has 1 aliphatic rings. The molecule has 0 N–H and O–H groups in total. The molecule has 3 heterocycles. The molecule has 5 rings (SSSR count). The van der Waals surface area contributed by atoms with Crippen LogP contribution in [0.4, 0.5) is 0 Å². The molecule has 1 fully saturated rings. The highest BCUT2D eigenvalue weighted by Crippen LogP contribution is 2.35. The molecule has 0 atom stereocenters. The normalized spacial score (nSPS) is 14.9. The average Bonchev–Trinajstić information content (AvgIpc) is 3.33. The van der Waals surface area contributed by atoms with Crippen LogP contribution in [0.5, 0.6) is 5.75 Å². The number of benzene rings is 2. The number of thiocarbonyl (C=S) groups is 1. The second kappa shape index (κ2) is 10.6. The first kappa shape index (κ1) is 24.7. The van der Waals surface area contributed by atoms with Crippen LogP contribution in [0.15, 0.2) is 76.5 Å². The number of hydrogen-bond donors (Lipinski definition) is 0. The van der Waals surface area contributed by atoms with Crippen molar-refractivity contribution < 1.29 is 9.53 Å². The summed E-state index contributed by atoms with van der Waals surface area (Å²) < 4.78 is 9.74. The third kappa shape index (κ3) is 5.26. The van der Waals surface area contributed by atoms with Gasteiger partial charge in [-0.15, -0.1) is 0 Å². The van der Waals surface area contributed by atoms with Gasteiger partial charge in [0.05, 0.1) is 18.0 Å². The number of pyridine rings is 1. The molecule has 0 aliphatic carbocycles. The van der Waals surface area contributed by atoms with Gasteiger partial charge < -0.3 is 9.30 Å². The van der Waals surface area contributed by atoms with Gasteiger partial charge in [0.25, 0.3) is 5.91 Å².